The van der Waals surface area contributed by atoms with Crippen LogP contribution in [0.25, 0.3) is 11.4 Å². The zero-order valence-corrected chi connectivity index (χ0v) is 20.5. The van der Waals surface area contributed by atoms with Crippen LogP contribution in [0, 0.1) is 5.92 Å². The second-order valence-electron chi connectivity index (χ2n) is 9.20. The molecule has 0 fully saturated rings. The summed E-state index contributed by atoms with van der Waals surface area (Å²) in [6.07, 6.45) is 16.6. The number of ether oxygens (including phenoxy) is 1. The van der Waals surface area contributed by atoms with Gasteiger partial charge in [0.15, 0.2) is 11.6 Å². The lowest BCUT2D eigenvalue weighted by Gasteiger charge is -2.15. The number of nitrogens with zero attached hydrogens (tertiary/aromatic N) is 2. The summed E-state index contributed by atoms with van der Waals surface area (Å²) < 4.78 is 19.8. The number of aryl methyl sites for hydroxylation is 1. The van der Waals surface area contributed by atoms with Crippen LogP contribution < -0.4 is 4.74 Å². The Balaban J connectivity index is 1.72. The fourth-order valence-electron chi connectivity index (χ4n) is 4.02. The normalized spacial score (nSPS) is 13.1. The minimum atomic E-state index is -0.953. The van der Waals surface area contributed by atoms with E-state index in [0.29, 0.717) is 23.9 Å². The maximum Gasteiger partial charge on any atom is 0.159 e. The Morgan fingerprint density at radius 3 is 2.16 bits per heavy atom. The van der Waals surface area contributed by atoms with Gasteiger partial charge in [0, 0.05) is 5.56 Å². The Morgan fingerprint density at radius 2 is 1.47 bits per heavy atom. The van der Waals surface area contributed by atoms with Gasteiger partial charge >= 0.3 is 0 Å². The average molecular weight is 443 g/mol. The number of benzene rings is 1. The van der Waals surface area contributed by atoms with Crippen LogP contribution >= 0.6 is 0 Å². The number of alkyl halides is 1. The summed E-state index contributed by atoms with van der Waals surface area (Å²) in [6.45, 7) is 6.63. The first-order valence-corrected chi connectivity index (χ1v) is 12.8. The molecule has 2 rings (SSSR count). The maximum atomic E-state index is 14.2. The molecule has 0 spiro atoms. The first-order valence-electron chi connectivity index (χ1n) is 12.8. The number of hydrogen-bond acceptors (Lipinski definition) is 3. The standard InChI is InChI=1S/C28H43FN2O/c1-4-6-8-9-10-12-14-24-15-17-25(18-16-24)28-30-20-27(21-31-28)32-22-26(29)19-23(3)13-11-7-5-2/h15-18,20-21,23,26H,4-14,19,22H2,1-3H3. The second-order valence-corrected chi connectivity index (χ2v) is 9.20. The number of rotatable bonds is 17. The zero-order chi connectivity index (χ0) is 23.0. The number of halogens is 1. The number of unbranched alkanes of at least 4 members (excludes halogenated alkanes) is 7. The van der Waals surface area contributed by atoms with Gasteiger partial charge in [-0.25, -0.2) is 14.4 Å². The average Bonchev–Trinajstić information content (AvgIpc) is 2.81. The highest BCUT2D eigenvalue weighted by atomic mass is 19.1. The highest BCUT2D eigenvalue weighted by Gasteiger charge is 2.13. The van der Waals surface area contributed by atoms with Gasteiger partial charge in [0.25, 0.3) is 0 Å². The van der Waals surface area contributed by atoms with Crippen molar-refractivity contribution in [2.24, 2.45) is 5.92 Å². The van der Waals surface area contributed by atoms with Crippen molar-refractivity contribution < 1.29 is 9.13 Å². The van der Waals surface area contributed by atoms with Crippen molar-refractivity contribution in [2.75, 3.05) is 6.61 Å². The molecular weight excluding hydrogens is 399 g/mol. The van der Waals surface area contributed by atoms with Crippen LogP contribution in [-0.2, 0) is 6.42 Å². The van der Waals surface area contributed by atoms with Crippen LogP contribution in [0.5, 0.6) is 5.75 Å². The predicted octanol–water partition coefficient (Wildman–Crippen LogP) is 8.37. The molecule has 0 aliphatic carbocycles. The van der Waals surface area contributed by atoms with Crippen molar-refractivity contribution in [1.29, 1.82) is 0 Å². The lowest BCUT2D eigenvalue weighted by Crippen LogP contribution is -2.16. The third kappa shape index (κ3) is 10.6. The molecular formula is C28H43FN2O. The first-order chi connectivity index (χ1) is 15.6. The molecule has 0 saturated carbocycles. The maximum absolute atomic E-state index is 14.2. The summed E-state index contributed by atoms with van der Waals surface area (Å²) in [5.74, 6) is 1.59. The molecule has 0 saturated heterocycles. The first kappa shape index (κ1) is 26.3. The van der Waals surface area contributed by atoms with E-state index < -0.39 is 6.17 Å². The minimum Gasteiger partial charge on any atom is -0.487 e. The van der Waals surface area contributed by atoms with Crippen molar-refractivity contribution in [2.45, 2.75) is 104 Å². The Morgan fingerprint density at radius 1 is 0.844 bits per heavy atom. The third-order valence-electron chi connectivity index (χ3n) is 6.05. The van der Waals surface area contributed by atoms with Gasteiger partial charge in [0.2, 0.25) is 0 Å². The number of aromatic nitrogens is 2. The summed E-state index contributed by atoms with van der Waals surface area (Å²) >= 11 is 0. The van der Waals surface area contributed by atoms with Crippen LogP contribution in [0.3, 0.4) is 0 Å². The van der Waals surface area contributed by atoms with E-state index in [0.717, 1.165) is 18.4 Å². The van der Waals surface area contributed by atoms with Crippen LogP contribution in [-0.4, -0.2) is 22.7 Å². The van der Waals surface area contributed by atoms with E-state index in [2.05, 4.69) is 55.0 Å². The van der Waals surface area contributed by atoms with Gasteiger partial charge < -0.3 is 4.74 Å². The van der Waals surface area contributed by atoms with E-state index >= 15 is 0 Å². The van der Waals surface area contributed by atoms with E-state index in [1.165, 1.54) is 63.4 Å². The Kier molecular flexibility index (Phi) is 13.0. The fraction of sp³-hybridized carbons (Fsp3) is 0.643. The van der Waals surface area contributed by atoms with Crippen LogP contribution in [0.4, 0.5) is 4.39 Å². The van der Waals surface area contributed by atoms with Crippen molar-refractivity contribution in [3.8, 4) is 17.1 Å². The lowest BCUT2D eigenvalue weighted by atomic mass is 9.98. The summed E-state index contributed by atoms with van der Waals surface area (Å²) in [5.41, 5.74) is 2.36. The summed E-state index contributed by atoms with van der Waals surface area (Å²) in [5, 5.41) is 0. The zero-order valence-electron chi connectivity index (χ0n) is 20.5. The van der Waals surface area contributed by atoms with Crippen molar-refractivity contribution in [3.63, 3.8) is 0 Å². The lowest BCUT2D eigenvalue weighted by molar-refractivity contribution is 0.167. The van der Waals surface area contributed by atoms with E-state index in [1.54, 1.807) is 12.4 Å². The summed E-state index contributed by atoms with van der Waals surface area (Å²) in [4.78, 5) is 8.83. The van der Waals surface area contributed by atoms with Crippen LogP contribution in [0.15, 0.2) is 36.7 Å². The van der Waals surface area contributed by atoms with Crippen LogP contribution in [0.1, 0.15) is 97.0 Å². The fourth-order valence-corrected chi connectivity index (χ4v) is 4.02. The molecule has 0 radical (unpaired) electrons. The molecule has 2 unspecified atom stereocenters. The van der Waals surface area contributed by atoms with E-state index in [-0.39, 0.29) is 6.61 Å². The van der Waals surface area contributed by atoms with Gasteiger partial charge in [-0.2, -0.15) is 0 Å². The molecule has 0 bridgehead atoms. The monoisotopic (exact) mass is 442 g/mol. The van der Waals surface area contributed by atoms with Gasteiger partial charge in [-0.15, -0.1) is 0 Å². The highest BCUT2D eigenvalue weighted by Crippen LogP contribution is 2.20. The predicted molar refractivity (Wildman–Crippen MR) is 133 cm³/mol. The SMILES string of the molecule is CCCCCCCCc1ccc(-c2ncc(OCC(F)CC(C)CCCCC)cn2)cc1. The summed E-state index contributed by atoms with van der Waals surface area (Å²) in [6, 6.07) is 8.51. The molecule has 2 atom stereocenters. The molecule has 0 N–H and O–H groups in total. The minimum absolute atomic E-state index is 0.0635. The smallest absolute Gasteiger partial charge is 0.159 e. The molecule has 178 valence electrons. The largest absolute Gasteiger partial charge is 0.487 e. The van der Waals surface area contributed by atoms with Gasteiger partial charge in [-0.1, -0.05) is 103 Å². The van der Waals surface area contributed by atoms with E-state index in [4.69, 9.17) is 4.74 Å². The molecule has 3 nitrogen and oxygen atoms in total. The third-order valence-corrected chi connectivity index (χ3v) is 6.05. The second kappa shape index (κ2) is 15.8. The number of hydrogen-bond donors (Lipinski definition) is 0. The Labute approximate surface area is 195 Å². The topological polar surface area (TPSA) is 35.0 Å². The van der Waals surface area contributed by atoms with Crippen molar-refractivity contribution in [3.05, 3.63) is 42.2 Å². The molecule has 0 aliphatic heterocycles. The molecule has 0 amide bonds. The Hall–Kier alpha value is -1.97. The van der Waals surface area contributed by atoms with Gasteiger partial charge in [0.1, 0.15) is 12.8 Å². The van der Waals surface area contributed by atoms with Crippen molar-refractivity contribution >= 4 is 0 Å². The van der Waals surface area contributed by atoms with Gasteiger partial charge in [0.05, 0.1) is 12.4 Å². The Bertz CT molecular complexity index is 717. The molecule has 0 aliphatic rings. The molecule has 2 aromatic rings. The molecule has 1 heterocycles. The van der Waals surface area contributed by atoms with Gasteiger partial charge in [-0.05, 0) is 30.7 Å². The van der Waals surface area contributed by atoms with E-state index in [1.807, 2.05) is 0 Å². The molecule has 1 aromatic carbocycles. The van der Waals surface area contributed by atoms with Gasteiger partial charge in [-0.3, -0.25) is 0 Å². The van der Waals surface area contributed by atoms with Crippen LogP contribution in [0.2, 0.25) is 0 Å². The molecule has 1 aromatic heterocycles. The molecule has 4 heteroatoms. The quantitative estimate of drug-likeness (QED) is 0.231. The highest BCUT2D eigenvalue weighted by molar-refractivity contribution is 5.55. The molecule has 32 heavy (non-hydrogen) atoms. The van der Waals surface area contributed by atoms with E-state index in [9.17, 15) is 4.39 Å². The van der Waals surface area contributed by atoms with Crippen molar-refractivity contribution in [1.82, 2.24) is 9.97 Å². The summed E-state index contributed by atoms with van der Waals surface area (Å²) in [7, 11) is 0.